The van der Waals surface area contributed by atoms with E-state index < -0.39 is 17.6 Å². The van der Waals surface area contributed by atoms with E-state index in [0.29, 0.717) is 6.07 Å². The zero-order valence-corrected chi connectivity index (χ0v) is 9.79. The molecule has 2 aromatic rings. The average molecular weight is 303 g/mol. The molecule has 0 atom stereocenters. The molecule has 0 amide bonds. The van der Waals surface area contributed by atoms with Gasteiger partial charge in [-0.05, 0) is 34.1 Å². The Kier molecular flexibility index (Phi) is 2.97. The van der Waals surface area contributed by atoms with Gasteiger partial charge in [0.25, 0.3) is 0 Å². The molecule has 1 N–H and O–H groups in total. The number of rotatable bonds is 2. The van der Waals surface area contributed by atoms with Gasteiger partial charge in [0, 0.05) is 10.5 Å². The highest BCUT2D eigenvalue weighted by atomic mass is 79.9. The standard InChI is InChI=1S/C11H5BrF2O3/c12-6-3-5(13)4-7(14)10(6)8-1-2-9(17-8)11(15)16/h1-4H,(H,15,16). The van der Waals surface area contributed by atoms with E-state index in [1.54, 1.807) is 0 Å². The summed E-state index contributed by atoms with van der Waals surface area (Å²) in [5.74, 6) is -3.11. The summed E-state index contributed by atoms with van der Waals surface area (Å²) in [5.41, 5.74) is -0.0149. The largest absolute Gasteiger partial charge is 0.475 e. The van der Waals surface area contributed by atoms with Gasteiger partial charge in [0.1, 0.15) is 17.4 Å². The maximum atomic E-state index is 13.5. The predicted octanol–water partition coefficient (Wildman–Crippen LogP) is 3.69. The van der Waals surface area contributed by atoms with Crippen molar-refractivity contribution >= 4 is 21.9 Å². The minimum Gasteiger partial charge on any atom is -0.475 e. The van der Waals surface area contributed by atoms with E-state index in [0.717, 1.165) is 6.07 Å². The van der Waals surface area contributed by atoms with Crippen LogP contribution in [0.4, 0.5) is 8.78 Å². The zero-order valence-electron chi connectivity index (χ0n) is 8.21. The second-order valence-corrected chi connectivity index (χ2v) is 4.07. The number of aromatic carboxylic acids is 1. The van der Waals surface area contributed by atoms with Gasteiger partial charge in [0.15, 0.2) is 0 Å². The van der Waals surface area contributed by atoms with Crippen molar-refractivity contribution in [2.45, 2.75) is 0 Å². The maximum Gasteiger partial charge on any atom is 0.371 e. The van der Waals surface area contributed by atoms with Crippen LogP contribution in [0.15, 0.2) is 33.2 Å². The quantitative estimate of drug-likeness (QED) is 0.920. The summed E-state index contributed by atoms with van der Waals surface area (Å²) in [6, 6.07) is 4.28. The first-order valence-electron chi connectivity index (χ1n) is 4.47. The molecule has 2 rings (SSSR count). The summed E-state index contributed by atoms with van der Waals surface area (Å²) in [7, 11) is 0. The molecule has 0 aliphatic heterocycles. The lowest BCUT2D eigenvalue weighted by Crippen LogP contribution is -1.92. The maximum absolute atomic E-state index is 13.5. The highest BCUT2D eigenvalue weighted by molar-refractivity contribution is 9.10. The van der Waals surface area contributed by atoms with E-state index in [2.05, 4.69) is 15.9 Å². The van der Waals surface area contributed by atoms with Crippen LogP contribution in [-0.2, 0) is 0 Å². The third-order valence-electron chi connectivity index (χ3n) is 2.07. The molecule has 1 aromatic carbocycles. The van der Waals surface area contributed by atoms with E-state index in [9.17, 15) is 13.6 Å². The number of hydrogen-bond donors (Lipinski definition) is 1. The molecule has 1 aromatic heterocycles. The van der Waals surface area contributed by atoms with Crippen LogP contribution >= 0.6 is 15.9 Å². The van der Waals surface area contributed by atoms with Crippen molar-refractivity contribution in [3.8, 4) is 11.3 Å². The van der Waals surface area contributed by atoms with Crippen LogP contribution in [0, 0.1) is 11.6 Å². The molecule has 1 heterocycles. The van der Waals surface area contributed by atoms with E-state index in [-0.39, 0.29) is 21.6 Å². The molecule has 17 heavy (non-hydrogen) atoms. The van der Waals surface area contributed by atoms with Crippen molar-refractivity contribution in [2.24, 2.45) is 0 Å². The summed E-state index contributed by atoms with van der Waals surface area (Å²) in [5, 5.41) is 8.67. The lowest BCUT2D eigenvalue weighted by atomic mass is 10.1. The van der Waals surface area contributed by atoms with Gasteiger partial charge in [-0.15, -0.1) is 0 Å². The average Bonchev–Trinajstić information content (AvgIpc) is 2.65. The first kappa shape index (κ1) is 11.8. The normalized spacial score (nSPS) is 10.5. The Balaban J connectivity index is 2.56. The Hall–Kier alpha value is -1.69. The lowest BCUT2D eigenvalue weighted by molar-refractivity contribution is 0.0663. The first-order valence-corrected chi connectivity index (χ1v) is 5.26. The van der Waals surface area contributed by atoms with Gasteiger partial charge >= 0.3 is 5.97 Å². The second-order valence-electron chi connectivity index (χ2n) is 3.21. The number of benzene rings is 1. The van der Waals surface area contributed by atoms with Crippen molar-refractivity contribution in [3.63, 3.8) is 0 Å². The minimum absolute atomic E-state index is 0.0149. The van der Waals surface area contributed by atoms with Gasteiger partial charge in [0.2, 0.25) is 5.76 Å². The summed E-state index contributed by atoms with van der Waals surface area (Å²) >= 11 is 2.99. The predicted molar refractivity (Wildman–Crippen MR) is 58.7 cm³/mol. The Morgan fingerprint density at radius 1 is 1.29 bits per heavy atom. The molecule has 0 saturated heterocycles. The molecule has 0 radical (unpaired) electrons. The number of furan rings is 1. The summed E-state index contributed by atoms with van der Waals surface area (Å²) in [6.45, 7) is 0. The Morgan fingerprint density at radius 2 is 2.00 bits per heavy atom. The van der Waals surface area contributed by atoms with Crippen LogP contribution in [0.2, 0.25) is 0 Å². The van der Waals surface area contributed by atoms with Gasteiger partial charge in [-0.1, -0.05) is 0 Å². The Labute approximate surface area is 103 Å². The molecular formula is C11H5BrF2O3. The monoisotopic (exact) mass is 302 g/mol. The van der Waals surface area contributed by atoms with Gasteiger partial charge < -0.3 is 9.52 Å². The van der Waals surface area contributed by atoms with Gasteiger partial charge in [0.05, 0.1) is 5.56 Å². The van der Waals surface area contributed by atoms with Crippen molar-refractivity contribution in [1.82, 2.24) is 0 Å². The molecule has 0 aliphatic rings. The third kappa shape index (κ3) is 2.21. The molecular weight excluding hydrogens is 298 g/mol. The fourth-order valence-corrected chi connectivity index (χ4v) is 1.97. The van der Waals surface area contributed by atoms with Crippen LogP contribution in [0.5, 0.6) is 0 Å². The fourth-order valence-electron chi connectivity index (χ4n) is 1.36. The molecule has 6 heteroatoms. The topological polar surface area (TPSA) is 50.4 Å². The molecule has 0 spiro atoms. The van der Waals surface area contributed by atoms with Gasteiger partial charge in [-0.2, -0.15) is 0 Å². The number of carboxylic acid groups (broad SMARTS) is 1. The highest BCUT2D eigenvalue weighted by Gasteiger charge is 2.17. The fraction of sp³-hybridized carbons (Fsp3) is 0. The molecule has 0 fully saturated rings. The van der Waals surface area contributed by atoms with E-state index in [1.165, 1.54) is 12.1 Å². The van der Waals surface area contributed by atoms with Crippen LogP contribution in [0.25, 0.3) is 11.3 Å². The molecule has 88 valence electrons. The van der Waals surface area contributed by atoms with Crippen molar-refractivity contribution < 1.29 is 23.1 Å². The summed E-state index contributed by atoms with van der Waals surface area (Å²) in [4.78, 5) is 10.6. The SMILES string of the molecule is O=C(O)c1ccc(-c2c(F)cc(F)cc2Br)o1. The smallest absolute Gasteiger partial charge is 0.371 e. The minimum atomic E-state index is -1.25. The molecule has 0 saturated carbocycles. The summed E-state index contributed by atoms with van der Waals surface area (Å²) in [6.07, 6.45) is 0. The van der Waals surface area contributed by atoms with Crippen molar-refractivity contribution in [1.29, 1.82) is 0 Å². The zero-order chi connectivity index (χ0) is 12.6. The number of halogens is 3. The highest BCUT2D eigenvalue weighted by Crippen LogP contribution is 2.32. The Bertz CT molecular complexity index is 569. The number of carboxylic acids is 1. The van der Waals surface area contributed by atoms with E-state index in [4.69, 9.17) is 9.52 Å². The van der Waals surface area contributed by atoms with Crippen LogP contribution < -0.4 is 0 Å². The van der Waals surface area contributed by atoms with Crippen LogP contribution in [-0.4, -0.2) is 11.1 Å². The van der Waals surface area contributed by atoms with Crippen LogP contribution in [0.3, 0.4) is 0 Å². The second kappa shape index (κ2) is 4.29. The van der Waals surface area contributed by atoms with Gasteiger partial charge in [-0.3, -0.25) is 0 Å². The number of hydrogen-bond acceptors (Lipinski definition) is 2. The summed E-state index contributed by atoms with van der Waals surface area (Å²) < 4.78 is 31.5. The third-order valence-corrected chi connectivity index (χ3v) is 2.70. The van der Waals surface area contributed by atoms with Gasteiger partial charge in [-0.25, -0.2) is 13.6 Å². The molecule has 0 unspecified atom stereocenters. The lowest BCUT2D eigenvalue weighted by Gasteiger charge is -2.03. The van der Waals surface area contributed by atoms with Crippen LogP contribution in [0.1, 0.15) is 10.6 Å². The first-order chi connectivity index (χ1) is 7.99. The molecule has 0 aliphatic carbocycles. The Morgan fingerprint density at radius 3 is 2.53 bits per heavy atom. The molecule has 0 bridgehead atoms. The van der Waals surface area contributed by atoms with E-state index >= 15 is 0 Å². The molecule has 3 nitrogen and oxygen atoms in total. The van der Waals surface area contributed by atoms with Crippen molar-refractivity contribution in [2.75, 3.05) is 0 Å². The number of carbonyl (C=O) groups is 1. The van der Waals surface area contributed by atoms with E-state index in [1.807, 2.05) is 0 Å². The van der Waals surface area contributed by atoms with Crippen molar-refractivity contribution in [3.05, 3.63) is 46.1 Å².